The number of thiazole rings is 1. The molecule has 3 N–H and O–H groups in total. The van der Waals surface area contributed by atoms with Gasteiger partial charge < -0.3 is 11.1 Å². The molecular weight excluding hydrogens is 241 g/mol. The number of anilines is 1. The van der Waals surface area contributed by atoms with Crippen molar-refractivity contribution in [3.8, 4) is 0 Å². The Morgan fingerprint density at radius 1 is 1.43 bits per heavy atom. The maximum absolute atomic E-state index is 5.63. The van der Waals surface area contributed by atoms with E-state index in [9.17, 15) is 0 Å². The molecule has 0 aliphatic carbocycles. The zero-order valence-corrected chi connectivity index (χ0v) is 10.6. The van der Waals surface area contributed by atoms with Gasteiger partial charge in [-0.25, -0.2) is 4.98 Å². The molecule has 0 atom stereocenters. The van der Waals surface area contributed by atoms with Crippen LogP contribution in [0.2, 0.25) is 0 Å². The first kappa shape index (κ1) is 14.0. The van der Waals surface area contributed by atoms with E-state index in [2.05, 4.69) is 24.1 Å². The smallest absolute Gasteiger partial charge is 0.180 e. The maximum Gasteiger partial charge on any atom is 0.180 e. The van der Waals surface area contributed by atoms with Crippen LogP contribution in [0.1, 0.15) is 24.4 Å². The first-order valence-corrected chi connectivity index (χ1v) is 4.87. The third-order valence-corrected chi connectivity index (χ3v) is 3.06. The number of nitrogens with two attached hydrogens (primary N) is 1. The fourth-order valence-electron chi connectivity index (χ4n) is 1.48. The van der Waals surface area contributed by atoms with E-state index < -0.39 is 0 Å². The Bertz CT molecular complexity index is 312. The van der Waals surface area contributed by atoms with E-state index in [0.717, 1.165) is 13.0 Å². The van der Waals surface area contributed by atoms with E-state index in [1.54, 1.807) is 11.3 Å². The highest BCUT2D eigenvalue weighted by Crippen LogP contribution is 2.28. The van der Waals surface area contributed by atoms with Crippen molar-refractivity contribution in [2.75, 3.05) is 5.73 Å². The summed E-state index contributed by atoms with van der Waals surface area (Å²) in [6, 6.07) is 0. The lowest BCUT2D eigenvalue weighted by molar-refractivity contribution is 0.362. The zero-order valence-electron chi connectivity index (χ0n) is 8.16. The van der Waals surface area contributed by atoms with E-state index >= 15 is 0 Å². The molecule has 6 heteroatoms. The van der Waals surface area contributed by atoms with E-state index in [-0.39, 0.29) is 30.4 Å². The van der Waals surface area contributed by atoms with Crippen molar-refractivity contribution in [3.63, 3.8) is 0 Å². The summed E-state index contributed by atoms with van der Waals surface area (Å²) >= 11 is 1.60. The minimum absolute atomic E-state index is 0. The van der Waals surface area contributed by atoms with E-state index in [0.29, 0.717) is 5.13 Å². The third-order valence-electron chi connectivity index (χ3n) is 2.13. The summed E-state index contributed by atoms with van der Waals surface area (Å²) in [5, 5.41) is 4.14. The molecule has 2 heterocycles. The Labute approximate surface area is 100 Å². The number of nitrogens with zero attached hydrogens (tertiary/aromatic N) is 1. The van der Waals surface area contributed by atoms with Gasteiger partial charge in [0.15, 0.2) is 5.13 Å². The highest BCUT2D eigenvalue weighted by atomic mass is 35.5. The van der Waals surface area contributed by atoms with Gasteiger partial charge in [0, 0.05) is 23.4 Å². The maximum atomic E-state index is 5.63. The van der Waals surface area contributed by atoms with E-state index in [4.69, 9.17) is 5.73 Å². The number of nitrogen functional groups attached to an aromatic ring is 1. The van der Waals surface area contributed by atoms with Crippen LogP contribution in [0.3, 0.4) is 0 Å². The SMILES string of the molecule is CC1(C)Cc2nc(N)sc2CN1.Cl.Cl. The van der Waals surface area contributed by atoms with Crippen molar-refractivity contribution >= 4 is 41.3 Å². The number of rotatable bonds is 0. The van der Waals surface area contributed by atoms with Gasteiger partial charge in [0.1, 0.15) is 0 Å². The summed E-state index contributed by atoms with van der Waals surface area (Å²) in [5.41, 5.74) is 6.98. The van der Waals surface area contributed by atoms with Crippen LogP contribution in [0.5, 0.6) is 0 Å². The van der Waals surface area contributed by atoms with Gasteiger partial charge in [-0.2, -0.15) is 0 Å². The molecule has 0 amide bonds. The number of fused-ring (bicyclic) bond motifs is 1. The Morgan fingerprint density at radius 2 is 2.07 bits per heavy atom. The molecule has 0 aromatic carbocycles. The highest BCUT2D eigenvalue weighted by molar-refractivity contribution is 7.15. The van der Waals surface area contributed by atoms with Crippen molar-refractivity contribution in [2.45, 2.75) is 32.4 Å². The number of hydrogen-bond acceptors (Lipinski definition) is 4. The number of hydrogen-bond donors (Lipinski definition) is 2. The standard InChI is InChI=1S/C8H13N3S.2ClH/c1-8(2)3-5-6(4-10-8)12-7(9)11-5;;/h10H,3-4H2,1-2H3,(H2,9,11);2*1H. The highest BCUT2D eigenvalue weighted by Gasteiger charge is 2.26. The van der Waals surface area contributed by atoms with Gasteiger partial charge in [-0.15, -0.1) is 36.2 Å². The van der Waals surface area contributed by atoms with Crippen LogP contribution < -0.4 is 11.1 Å². The van der Waals surface area contributed by atoms with Crippen LogP contribution in [0, 0.1) is 0 Å². The first-order chi connectivity index (χ1) is 5.57. The summed E-state index contributed by atoms with van der Waals surface area (Å²) < 4.78 is 0. The normalized spacial score (nSPS) is 17.6. The second kappa shape index (κ2) is 4.66. The molecule has 1 aromatic rings. The average Bonchev–Trinajstić information content (AvgIpc) is 2.26. The monoisotopic (exact) mass is 255 g/mol. The van der Waals surface area contributed by atoms with Crippen LogP contribution in [0.4, 0.5) is 5.13 Å². The van der Waals surface area contributed by atoms with Crippen LogP contribution in [-0.2, 0) is 13.0 Å². The van der Waals surface area contributed by atoms with Crippen molar-refractivity contribution in [2.24, 2.45) is 0 Å². The quantitative estimate of drug-likeness (QED) is 0.746. The van der Waals surface area contributed by atoms with E-state index in [1.807, 2.05) is 0 Å². The molecule has 0 radical (unpaired) electrons. The predicted octanol–water partition coefficient (Wildman–Crippen LogP) is 1.99. The summed E-state index contributed by atoms with van der Waals surface area (Å²) in [6.07, 6.45) is 0.982. The first-order valence-electron chi connectivity index (χ1n) is 4.06. The molecule has 14 heavy (non-hydrogen) atoms. The van der Waals surface area contributed by atoms with Crippen LogP contribution >= 0.6 is 36.2 Å². The lowest BCUT2D eigenvalue weighted by atomic mass is 9.95. The fourth-order valence-corrected chi connectivity index (χ4v) is 2.27. The van der Waals surface area contributed by atoms with Crippen LogP contribution in [0.15, 0.2) is 0 Å². The molecule has 1 aromatic heterocycles. The van der Waals surface area contributed by atoms with Gasteiger partial charge in [0.05, 0.1) is 5.69 Å². The fraction of sp³-hybridized carbons (Fsp3) is 0.625. The second-order valence-electron chi connectivity index (χ2n) is 3.84. The molecule has 82 valence electrons. The van der Waals surface area contributed by atoms with E-state index in [1.165, 1.54) is 10.6 Å². The molecular formula is C8H15Cl2N3S. The minimum atomic E-state index is 0. The minimum Gasteiger partial charge on any atom is -0.375 e. The van der Waals surface area contributed by atoms with Crippen molar-refractivity contribution in [1.29, 1.82) is 0 Å². The van der Waals surface area contributed by atoms with Crippen molar-refractivity contribution in [3.05, 3.63) is 10.6 Å². The molecule has 1 aliphatic heterocycles. The lowest BCUT2D eigenvalue weighted by Crippen LogP contribution is -2.44. The topological polar surface area (TPSA) is 50.9 Å². The molecule has 0 fully saturated rings. The van der Waals surface area contributed by atoms with Crippen LogP contribution in [-0.4, -0.2) is 10.5 Å². The largest absolute Gasteiger partial charge is 0.375 e. The predicted molar refractivity (Wildman–Crippen MR) is 65.6 cm³/mol. The Kier molecular flexibility index (Phi) is 4.65. The van der Waals surface area contributed by atoms with Gasteiger partial charge >= 0.3 is 0 Å². The molecule has 3 nitrogen and oxygen atoms in total. The van der Waals surface area contributed by atoms with Crippen LogP contribution in [0.25, 0.3) is 0 Å². The summed E-state index contributed by atoms with van der Waals surface area (Å²) in [6.45, 7) is 5.29. The molecule has 0 bridgehead atoms. The summed E-state index contributed by atoms with van der Waals surface area (Å²) in [7, 11) is 0. The second-order valence-corrected chi connectivity index (χ2v) is 4.95. The van der Waals surface area contributed by atoms with Crippen molar-refractivity contribution < 1.29 is 0 Å². The Morgan fingerprint density at radius 3 is 2.71 bits per heavy atom. The van der Waals surface area contributed by atoms with Gasteiger partial charge in [-0.1, -0.05) is 0 Å². The van der Waals surface area contributed by atoms with Crippen molar-refractivity contribution in [1.82, 2.24) is 10.3 Å². The average molecular weight is 256 g/mol. The van der Waals surface area contributed by atoms with Gasteiger partial charge in [0.2, 0.25) is 0 Å². The molecule has 2 rings (SSSR count). The lowest BCUT2D eigenvalue weighted by Gasteiger charge is -2.29. The van der Waals surface area contributed by atoms with Gasteiger partial charge in [0.25, 0.3) is 0 Å². The number of aromatic nitrogens is 1. The molecule has 0 unspecified atom stereocenters. The third kappa shape index (κ3) is 2.73. The summed E-state index contributed by atoms with van der Waals surface area (Å²) in [5.74, 6) is 0. The zero-order chi connectivity index (χ0) is 8.77. The summed E-state index contributed by atoms with van der Waals surface area (Å²) in [4.78, 5) is 5.60. The Balaban J connectivity index is 0.000000845. The molecule has 0 saturated heterocycles. The number of nitrogens with one attached hydrogen (secondary N) is 1. The Hall–Kier alpha value is -0.0300. The number of halogens is 2. The molecule has 1 aliphatic rings. The van der Waals surface area contributed by atoms with Gasteiger partial charge in [-0.05, 0) is 13.8 Å². The molecule has 0 saturated carbocycles. The molecule has 0 spiro atoms. The van der Waals surface area contributed by atoms with Gasteiger partial charge in [-0.3, -0.25) is 0 Å².